The first-order valence-electron chi connectivity index (χ1n) is 7.03. The zero-order chi connectivity index (χ0) is 15.9. The molecule has 22 heavy (non-hydrogen) atoms. The number of nitrogens with zero attached hydrogens (tertiary/aromatic N) is 1. The van der Waals surface area contributed by atoms with Gasteiger partial charge in [-0.25, -0.2) is 4.79 Å². The van der Waals surface area contributed by atoms with Gasteiger partial charge in [-0.15, -0.1) is 0 Å². The zero-order valence-electron chi connectivity index (χ0n) is 12.7. The van der Waals surface area contributed by atoms with Crippen molar-refractivity contribution in [2.45, 2.75) is 13.3 Å². The van der Waals surface area contributed by atoms with Gasteiger partial charge in [0.25, 0.3) is 0 Å². The number of ether oxygens (including phenoxy) is 2. The molecule has 0 spiro atoms. The fourth-order valence-corrected chi connectivity index (χ4v) is 3.14. The number of H-pyrrole nitrogens is 1. The molecular formula is C15H17ClN2O4. The first-order valence-corrected chi connectivity index (χ1v) is 7.41. The lowest BCUT2D eigenvalue weighted by Crippen LogP contribution is -2.13. The molecule has 3 rings (SSSR count). The maximum absolute atomic E-state index is 11.6. The molecule has 0 fully saturated rings. The fraction of sp³-hybridized carbons (Fsp3) is 0.400. The predicted octanol–water partition coefficient (Wildman–Crippen LogP) is 2.69. The molecular weight excluding hydrogens is 308 g/mol. The Labute approximate surface area is 132 Å². The normalized spacial score (nSPS) is 13.4. The summed E-state index contributed by atoms with van der Waals surface area (Å²) in [6.07, 6.45) is 0.876. The third-order valence-electron chi connectivity index (χ3n) is 3.72. The van der Waals surface area contributed by atoms with E-state index in [0.29, 0.717) is 28.7 Å². The van der Waals surface area contributed by atoms with Crippen LogP contribution in [-0.4, -0.2) is 32.3 Å². The maximum atomic E-state index is 11.6. The van der Waals surface area contributed by atoms with Crippen molar-refractivity contribution < 1.29 is 13.9 Å². The minimum absolute atomic E-state index is 0.288. The molecule has 0 saturated heterocycles. The molecule has 0 bridgehead atoms. The number of rotatable bonds is 4. The highest BCUT2D eigenvalue weighted by Crippen LogP contribution is 2.49. The number of hydrogen-bond donors (Lipinski definition) is 1. The Morgan fingerprint density at radius 3 is 2.95 bits per heavy atom. The molecule has 2 aromatic rings. The minimum atomic E-state index is -0.574. The molecule has 0 unspecified atom stereocenters. The first-order chi connectivity index (χ1) is 10.6. The number of oxazole rings is 1. The van der Waals surface area contributed by atoms with Crippen LogP contribution in [0.25, 0.3) is 11.3 Å². The Morgan fingerprint density at radius 2 is 2.27 bits per heavy atom. The van der Waals surface area contributed by atoms with E-state index in [1.807, 2.05) is 20.0 Å². The van der Waals surface area contributed by atoms with E-state index in [1.54, 1.807) is 0 Å². The summed E-state index contributed by atoms with van der Waals surface area (Å²) in [7, 11) is 3.52. The molecule has 1 aromatic carbocycles. The summed E-state index contributed by atoms with van der Waals surface area (Å²) < 4.78 is 16.3. The first kappa shape index (κ1) is 14.8. The van der Waals surface area contributed by atoms with Crippen molar-refractivity contribution in [3.05, 3.63) is 27.2 Å². The van der Waals surface area contributed by atoms with Crippen LogP contribution in [0.4, 0.5) is 5.69 Å². The zero-order valence-corrected chi connectivity index (χ0v) is 13.4. The molecule has 0 atom stereocenters. The predicted molar refractivity (Wildman–Crippen MR) is 84.5 cm³/mol. The minimum Gasteiger partial charge on any atom is -0.494 e. The van der Waals surface area contributed by atoms with Gasteiger partial charge in [-0.3, -0.25) is 4.98 Å². The average molecular weight is 325 g/mol. The van der Waals surface area contributed by atoms with E-state index < -0.39 is 5.76 Å². The van der Waals surface area contributed by atoms with E-state index in [9.17, 15) is 4.79 Å². The van der Waals surface area contributed by atoms with Gasteiger partial charge in [0.15, 0.2) is 5.75 Å². The number of fused-ring (bicyclic) bond motifs is 1. The van der Waals surface area contributed by atoms with Gasteiger partial charge in [0.1, 0.15) is 0 Å². The van der Waals surface area contributed by atoms with Crippen LogP contribution in [0.2, 0.25) is 5.02 Å². The van der Waals surface area contributed by atoms with Crippen LogP contribution in [0.1, 0.15) is 12.5 Å². The van der Waals surface area contributed by atoms with Crippen molar-refractivity contribution >= 4 is 17.3 Å². The lowest BCUT2D eigenvalue weighted by Gasteiger charge is -2.19. The van der Waals surface area contributed by atoms with Crippen molar-refractivity contribution in [2.75, 3.05) is 32.2 Å². The molecule has 0 radical (unpaired) electrons. The summed E-state index contributed by atoms with van der Waals surface area (Å²) in [5, 5.41) is 0.484. The van der Waals surface area contributed by atoms with Gasteiger partial charge in [0, 0.05) is 13.6 Å². The van der Waals surface area contributed by atoms with Crippen molar-refractivity contribution in [3.63, 3.8) is 0 Å². The molecule has 0 amide bonds. The monoisotopic (exact) mass is 324 g/mol. The van der Waals surface area contributed by atoms with E-state index >= 15 is 0 Å². The summed E-state index contributed by atoms with van der Waals surface area (Å²) in [6, 6.07) is 1.90. The van der Waals surface area contributed by atoms with Crippen molar-refractivity contribution in [3.8, 4) is 23.0 Å². The molecule has 118 valence electrons. The lowest BCUT2D eigenvalue weighted by molar-refractivity contribution is 0.327. The number of hydrogen-bond acceptors (Lipinski definition) is 5. The van der Waals surface area contributed by atoms with Crippen molar-refractivity contribution in [1.29, 1.82) is 0 Å². The summed E-state index contributed by atoms with van der Waals surface area (Å²) >= 11 is 6.33. The van der Waals surface area contributed by atoms with Crippen LogP contribution in [0.15, 0.2) is 15.3 Å². The quantitative estimate of drug-likeness (QED) is 0.936. The third kappa shape index (κ3) is 2.23. The highest BCUT2D eigenvalue weighted by atomic mass is 35.5. The number of nitrogens with one attached hydrogen (secondary N) is 1. The van der Waals surface area contributed by atoms with Gasteiger partial charge < -0.3 is 18.8 Å². The smallest absolute Gasteiger partial charge is 0.419 e. The molecule has 1 aliphatic rings. The average Bonchev–Trinajstić information content (AvgIpc) is 3.01. The number of benzene rings is 1. The second-order valence-electron chi connectivity index (χ2n) is 5.05. The number of aromatic nitrogens is 1. The van der Waals surface area contributed by atoms with Crippen LogP contribution in [0.3, 0.4) is 0 Å². The van der Waals surface area contributed by atoms with Gasteiger partial charge in [-0.2, -0.15) is 0 Å². The number of halogens is 1. The van der Waals surface area contributed by atoms with Crippen LogP contribution in [-0.2, 0) is 6.42 Å². The Morgan fingerprint density at radius 1 is 1.50 bits per heavy atom. The Hall–Kier alpha value is -2.08. The van der Waals surface area contributed by atoms with Crippen LogP contribution in [0.5, 0.6) is 11.6 Å². The van der Waals surface area contributed by atoms with Crippen LogP contribution >= 0.6 is 11.6 Å². The van der Waals surface area contributed by atoms with E-state index in [2.05, 4.69) is 9.88 Å². The maximum Gasteiger partial charge on any atom is 0.419 e. The number of anilines is 1. The second kappa shape index (κ2) is 5.61. The van der Waals surface area contributed by atoms with Gasteiger partial charge in [0.2, 0.25) is 11.6 Å². The second-order valence-corrected chi connectivity index (χ2v) is 5.46. The van der Waals surface area contributed by atoms with E-state index in [1.165, 1.54) is 7.11 Å². The summed E-state index contributed by atoms with van der Waals surface area (Å²) in [5.41, 5.74) is 2.69. The SMILES string of the molecule is CCOc1[nH]c(=O)oc1-c1c(OC)c(Cl)cc2c1N(C)CC2. The van der Waals surface area contributed by atoms with Gasteiger partial charge in [-0.05, 0) is 25.0 Å². The summed E-state index contributed by atoms with van der Waals surface area (Å²) in [5.74, 6) is 0.500. The van der Waals surface area contributed by atoms with E-state index in [4.69, 9.17) is 25.5 Å². The molecule has 1 aliphatic heterocycles. The standard InChI is InChI=1S/C15H17ClN2O4/c1-4-21-14-13(22-15(19)17-14)10-11-8(5-6-18(11)2)7-9(16)12(10)20-3/h7H,4-6H2,1-3H3,(H,17,19). The molecule has 7 heteroatoms. The highest BCUT2D eigenvalue weighted by molar-refractivity contribution is 6.33. The Balaban J connectivity index is 2.33. The molecule has 2 heterocycles. The van der Waals surface area contributed by atoms with Gasteiger partial charge in [0.05, 0.1) is 30.0 Å². The fourth-order valence-electron chi connectivity index (χ4n) is 2.84. The number of methoxy groups -OCH3 is 1. The summed E-state index contributed by atoms with van der Waals surface area (Å²) in [4.78, 5) is 16.3. The summed E-state index contributed by atoms with van der Waals surface area (Å²) in [6.45, 7) is 3.11. The van der Waals surface area contributed by atoms with Crippen LogP contribution < -0.4 is 20.1 Å². The topological polar surface area (TPSA) is 67.7 Å². The molecule has 0 aliphatic carbocycles. The Kier molecular flexibility index (Phi) is 3.78. The molecule has 0 saturated carbocycles. The highest BCUT2D eigenvalue weighted by Gasteiger charge is 2.30. The van der Waals surface area contributed by atoms with E-state index in [-0.39, 0.29) is 5.88 Å². The van der Waals surface area contributed by atoms with Gasteiger partial charge in [-0.1, -0.05) is 11.6 Å². The third-order valence-corrected chi connectivity index (χ3v) is 4.00. The van der Waals surface area contributed by atoms with E-state index in [0.717, 1.165) is 24.2 Å². The lowest BCUT2D eigenvalue weighted by atomic mass is 10.0. The van der Waals surface area contributed by atoms with Crippen LogP contribution in [0, 0.1) is 0 Å². The molecule has 1 N–H and O–H groups in total. The van der Waals surface area contributed by atoms with Gasteiger partial charge >= 0.3 is 5.76 Å². The number of aromatic amines is 1. The van der Waals surface area contributed by atoms with Crippen molar-refractivity contribution in [1.82, 2.24) is 4.98 Å². The van der Waals surface area contributed by atoms with Crippen molar-refractivity contribution in [2.24, 2.45) is 0 Å². The molecule has 6 nitrogen and oxygen atoms in total. The molecule has 1 aromatic heterocycles. The Bertz CT molecular complexity index is 766. The largest absolute Gasteiger partial charge is 0.494 e. The number of likely N-dealkylation sites (N-methyl/N-ethyl adjacent to an activating group) is 1.